The summed E-state index contributed by atoms with van der Waals surface area (Å²) in [5.41, 5.74) is 0.654. The number of esters is 1. The van der Waals surface area contributed by atoms with Gasteiger partial charge in [-0.15, -0.1) is 0 Å². The molecule has 1 saturated carbocycles. The molecule has 2 aliphatic rings. The van der Waals surface area contributed by atoms with Gasteiger partial charge in [0, 0.05) is 25.2 Å². The lowest BCUT2D eigenvalue weighted by Crippen LogP contribution is -2.26. The van der Waals surface area contributed by atoms with E-state index in [0.29, 0.717) is 31.1 Å². The summed E-state index contributed by atoms with van der Waals surface area (Å²) in [5, 5.41) is 9.55. The lowest BCUT2D eigenvalue weighted by Gasteiger charge is -2.22. The van der Waals surface area contributed by atoms with Crippen molar-refractivity contribution >= 4 is 11.9 Å². The smallest absolute Gasteiger partial charge is 0.337 e. The van der Waals surface area contributed by atoms with Crippen molar-refractivity contribution in [2.75, 3.05) is 20.2 Å². The monoisotopic (exact) mass is 349 g/mol. The highest BCUT2D eigenvalue weighted by Crippen LogP contribution is 2.39. The molecule has 0 unspecified atom stereocenters. The number of hydrogen-bond acceptors (Lipinski definition) is 4. The molecule has 2 atom stereocenters. The third-order valence-electron chi connectivity index (χ3n) is 5.63. The van der Waals surface area contributed by atoms with E-state index in [4.69, 9.17) is 0 Å². The van der Waals surface area contributed by atoms with Crippen LogP contribution in [0.25, 0.3) is 0 Å². The number of hydrogen-bond donors (Lipinski definition) is 1. The molecular formula is C19H24FNO4. The SMILES string of the molecule is COC(=O)c1ccc(CN2C[C@@H](C(=O)O)[C@H](C3CCCC3)C2)c(F)c1. The van der Waals surface area contributed by atoms with E-state index in [2.05, 4.69) is 4.74 Å². The van der Waals surface area contributed by atoms with Crippen LogP contribution in [0.2, 0.25) is 0 Å². The summed E-state index contributed by atoms with van der Waals surface area (Å²) in [6.45, 7) is 1.51. The maximum absolute atomic E-state index is 14.3. The number of methoxy groups -OCH3 is 1. The summed E-state index contributed by atoms with van der Waals surface area (Å²) < 4.78 is 18.9. The first-order valence-corrected chi connectivity index (χ1v) is 8.81. The van der Waals surface area contributed by atoms with E-state index in [0.717, 1.165) is 12.8 Å². The highest BCUT2D eigenvalue weighted by atomic mass is 19.1. The van der Waals surface area contributed by atoms with Crippen molar-refractivity contribution in [1.82, 2.24) is 4.90 Å². The number of carboxylic acid groups (broad SMARTS) is 1. The fraction of sp³-hybridized carbons (Fsp3) is 0.579. The third-order valence-corrected chi connectivity index (χ3v) is 5.63. The summed E-state index contributed by atoms with van der Waals surface area (Å²) in [7, 11) is 1.26. The van der Waals surface area contributed by atoms with E-state index in [1.165, 1.54) is 26.0 Å². The maximum Gasteiger partial charge on any atom is 0.337 e. The van der Waals surface area contributed by atoms with E-state index < -0.39 is 17.8 Å². The van der Waals surface area contributed by atoms with E-state index in [9.17, 15) is 19.1 Å². The first-order valence-electron chi connectivity index (χ1n) is 8.81. The number of benzene rings is 1. The summed E-state index contributed by atoms with van der Waals surface area (Å²) in [6.07, 6.45) is 4.56. The standard InChI is InChI=1S/C19H24FNO4/c1-25-19(24)13-6-7-14(17(20)8-13)9-21-10-15(12-4-2-3-5-12)16(11-21)18(22)23/h6-8,12,15-16H,2-5,9-11H2,1H3,(H,22,23)/t15-,16+/m0/s1. The molecule has 1 aliphatic carbocycles. The van der Waals surface area contributed by atoms with Gasteiger partial charge in [0.25, 0.3) is 0 Å². The zero-order valence-electron chi connectivity index (χ0n) is 14.4. The first-order chi connectivity index (χ1) is 12.0. The van der Waals surface area contributed by atoms with Crippen LogP contribution in [0.5, 0.6) is 0 Å². The fourth-order valence-corrected chi connectivity index (χ4v) is 4.33. The molecule has 6 heteroatoms. The Kier molecular flexibility index (Phi) is 5.37. The minimum Gasteiger partial charge on any atom is -0.481 e. The van der Waals surface area contributed by atoms with Crippen molar-refractivity contribution in [3.05, 3.63) is 35.1 Å². The molecule has 25 heavy (non-hydrogen) atoms. The number of aliphatic carboxylic acids is 1. The molecule has 3 rings (SSSR count). The topological polar surface area (TPSA) is 66.8 Å². The number of nitrogens with zero attached hydrogens (tertiary/aromatic N) is 1. The average molecular weight is 349 g/mol. The second kappa shape index (κ2) is 7.52. The minimum atomic E-state index is -0.749. The summed E-state index contributed by atoms with van der Waals surface area (Å²) in [4.78, 5) is 25.1. The number of halogens is 1. The van der Waals surface area contributed by atoms with Crippen molar-refractivity contribution in [1.29, 1.82) is 0 Å². The van der Waals surface area contributed by atoms with E-state index in [-0.39, 0.29) is 17.4 Å². The molecule has 0 radical (unpaired) electrons. The lowest BCUT2D eigenvalue weighted by atomic mass is 9.83. The molecule has 0 spiro atoms. The molecule has 1 aliphatic heterocycles. The molecule has 1 N–H and O–H groups in total. The molecule has 1 aromatic carbocycles. The zero-order chi connectivity index (χ0) is 18.0. The quantitative estimate of drug-likeness (QED) is 0.828. The van der Waals surface area contributed by atoms with Crippen LogP contribution in [-0.2, 0) is 16.1 Å². The summed E-state index contributed by atoms with van der Waals surface area (Å²) in [6, 6.07) is 4.31. The Labute approximate surface area is 146 Å². The predicted octanol–water partition coefficient (Wildman–Crippen LogP) is 2.94. The van der Waals surface area contributed by atoms with Gasteiger partial charge < -0.3 is 9.84 Å². The Morgan fingerprint density at radius 3 is 2.60 bits per heavy atom. The van der Waals surface area contributed by atoms with Crippen molar-refractivity contribution in [2.45, 2.75) is 32.2 Å². The van der Waals surface area contributed by atoms with Crippen LogP contribution in [0, 0.1) is 23.6 Å². The van der Waals surface area contributed by atoms with Gasteiger partial charge in [0.1, 0.15) is 5.82 Å². The van der Waals surface area contributed by atoms with Gasteiger partial charge in [0.2, 0.25) is 0 Å². The second-order valence-electron chi connectivity index (χ2n) is 7.14. The Hall–Kier alpha value is -1.95. The highest BCUT2D eigenvalue weighted by Gasteiger charge is 2.42. The van der Waals surface area contributed by atoms with Crippen LogP contribution in [-0.4, -0.2) is 42.1 Å². The number of rotatable bonds is 5. The van der Waals surface area contributed by atoms with Gasteiger partial charge in [-0.1, -0.05) is 31.7 Å². The Morgan fingerprint density at radius 1 is 1.28 bits per heavy atom. The van der Waals surface area contributed by atoms with Crippen LogP contribution in [0.1, 0.15) is 41.6 Å². The molecule has 1 heterocycles. The van der Waals surface area contributed by atoms with Crippen molar-refractivity contribution in [2.24, 2.45) is 17.8 Å². The van der Waals surface area contributed by atoms with Crippen LogP contribution < -0.4 is 0 Å². The molecule has 1 aromatic rings. The second-order valence-corrected chi connectivity index (χ2v) is 7.14. The van der Waals surface area contributed by atoms with E-state index in [1.54, 1.807) is 12.1 Å². The Balaban J connectivity index is 1.70. The highest BCUT2D eigenvalue weighted by molar-refractivity contribution is 5.89. The zero-order valence-corrected chi connectivity index (χ0v) is 14.4. The average Bonchev–Trinajstić information content (AvgIpc) is 3.25. The van der Waals surface area contributed by atoms with Gasteiger partial charge in [-0.25, -0.2) is 9.18 Å². The molecule has 1 saturated heterocycles. The molecule has 0 aromatic heterocycles. The third kappa shape index (κ3) is 3.84. The minimum absolute atomic E-state index is 0.150. The van der Waals surface area contributed by atoms with Gasteiger partial charge in [-0.05, 0) is 24.0 Å². The van der Waals surface area contributed by atoms with Gasteiger partial charge in [0.05, 0.1) is 18.6 Å². The van der Waals surface area contributed by atoms with Crippen molar-refractivity contribution in [3.63, 3.8) is 0 Å². The van der Waals surface area contributed by atoms with Gasteiger partial charge in [0.15, 0.2) is 0 Å². The number of carbonyl (C=O) groups excluding carboxylic acids is 1. The number of carbonyl (C=O) groups is 2. The van der Waals surface area contributed by atoms with Gasteiger partial charge in [-0.2, -0.15) is 0 Å². The Bertz CT molecular complexity index is 657. The first kappa shape index (κ1) is 17.9. The summed E-state index contributed by atoms with van der Waals surface area (Å²) in [5.74, 6) is -1.53. The molecule has 2 fully saturated rings. The predicted molar refractivity (Wildman–Crippen MR) is 89.6 cm³/mol. The number of ether oxygens (including phenoxy) is 1. The van der Waals surface area contributed by atoms with Crippen LogP contribution in [0.3, 0.4) is 0 Å². The largest absolute Gasteiger partial charge is 0.481 e. The Morgan fingerprint density at radius 2 is 2.00 bits per heavy atom. The van der Waals surface area contributed by atoms with E-state index in [1.807, 2.05) is 4.90 Å². The van der Waals surface area contributed by atoms with Crippen molar-refractivity contribution < 1.29 is 23.8 Å². The van der Waals surface area contributed by atoms with E-state index >= 15 is 0 Å². The van der Waals surface area contributed by atoms with Crippen LogP contribution in [0.4, 0.5) is 4.39 Å². The van der Waals surface area contributed by atoms with Crippen LogP contribution >= 0.6 is 0 Å². The molecule has 0 bridgehead atoms. The van der Waals surface area contributed by atoms with Crippen LogP contribution in [0.15, 0.2) is 18.2 Å². The summed E-state index contributed by atoms with van der Waals surface area (Å²) >= 11 is 0. The van der Waals surface area contributed by atoms with Gasteiger partial charge in [-0.3, -0.25) is 9.69 Å². The normalized spacial score (nSPS) is 24.6. The fourth-order valence-electron chi connectivity index (χ4n) is 4.33. The molecule has 0 amide bonds. The molecular weight excluding hydrogens is 325 g/mol. The number of likely N-dealkylation sites (tertiary alicyclic amines) is 1. The molecule has 5 nitrogen and oxygen atoms in total. The van der Waals surface area contributed by atoms with Crippen molar-refractivity contribution in [3.8, 4) is 0 Å². The van der Waals surface area contributed by atoms with Gasteiger partial charge >= 0.3 is 11.9 Å². The molecule has 136 valence electrons. The maximum atomic E-state index is 14.3. The lowest BCUT2D eigenvalue weighted by molar-refractivity contribution is -0.143. The number of carboxylic acids is 1.